The van der Waals surface area contributed by atoms with Crippen LogP contribution in [0.2, 0.25) is 0 Å². The third kappa shape index (κ3) is 4.82. The lowest BCUT2D eigenvalue weighted by molar-refractivity contribution is -0.141. The van der Waals surface area contributed by atoms with E-state index in [0.29, 0.717) is 39.8 Å². The van der Waals surface area contributed by atoms with Gasteiger partial charge in [0.05, 0.1) is 0 Å². The number of hydrogen-bond acceptors (Lipinski definition) is 6. The van der Waals surface area contributed by atoms with Crippen LogP contribution in [-0.4, -0.2) is 40.1 Å². The normalized spacial score (nSPS) is 12.1. The Kier molecular flexibility index (Phi) is 6.90. The maximum atomic E-state index is 12.3. The number of carboxylic acid groups (broad SMARTS) is 1. The quantitative estimate of drug-likeness (QED) is 0.590. The summed E-state index contributed by atoms with van der Waals surface area (Å²) in [6.45, 7) is 3.43. The van der Waals surface area contributed by atoms with Crippen LogP contribution < -0.4 is 10.9 Å². The van der Waals surface area contributed by atoms with Crippen LogP contribution in [-0.2, 0) is 16.0 Å². The van der Waals surface area contributed by atoms with E-state index in [-0.39, 0.29) is 18.6 Å². The molecule has 1 amide bonds. The summed E-state index contributed by atoms with van der Waals surface area (Å²) in [5.74, 6) is -0.836. The van der Waals surface area contributed by atoms with E-state index in [1.165, 1.54) is 17.8 Å². The molecule has 0 saturated carbocycles. The molecule has 1 aromatic carbocycles. The number of hydrogen-bond donors (Lipinski definition) is 3. The number of rotatable bonds is 8. The van der Waals surface area contributed by atoms with Crippen molar-refractivity contribution in [1.29, 1.82) is 0 Å². The fourth-order valence-electron chi connectivity index (χ4n) is 2.87. The number of aliphatic carboxylic acids is 1. The molecule has 0 radical (unpaired) electrons. The summed E-state index contributed by atoms with van der Waals surface area (Å²) in [6, 6.07) is 2.26. The predicted molar refractivity (Wildman–Crippen MR) is 105 cm³/mol. The molecule has 2 aromatic rings. The van der Waals surface area contributed by atoms with Crippen molar-refractivity contribution in [2.24, 2.45) is 0 Å². The van der Waals surface area contributed by atoms with E-state index in [2.05, 4.69) is 5.32 Å². The molecule has 1 heterocycles. The molecule has 0 aliphatic carbocycles. The minimum Gasteiger partial charge on any atom is -0.508 e. The highest BCUT2D eigenvalue weighted by atomic mass is 32.2. The van der Waals surface area contributed by atoms with Crippen LogP contribution >= 0.6 is 11.8 Å². The number of thioether (sulfide) groups is 1. The van der Waals surface area contributed by atoms with Gasteiger partial charge in [0, 0.05) is 22.9 Å². The van der Waals surface area contributed by atoms with Gasteiger partial charge in [-0.3, -0.25) is 4.79 Å². The topological polar surface area (TPSA) is 117 Å². The third-order valence-electron chi connectivity index (χ3n) is 4.52. The number of benzene rings is 1. The summed E-state index contributed by atoms with van der Waals surface area (Å²) < 4.78 is 5.35. The van der Waals surface area contributed by atoms with E-state index in [4.69, 9.17) is 4.42 Å². The Bertz CT molecular complexity index is 921. The molecule has 0 spiro atoms. The van der Waals surface area contributed by atoms with Crippen LogP contribution in [0.3, 0.4) is 0 Å². The van der Waals surface area contributed by atoms with Crippen molar-refractivity contribution in [3.63, 3.8) is 0 Å². The van der Waals surface area contributed by atoms with Crippen LogP contribution in [0, 0.1) is 13.8 Å². The zero-order chi connectivity index (χ0) is 20.1. The van der Waals surface area contributed by atoms with Gasteiger partial charge in [0.2, 0.25) is 5.91 Å². The standard InChI is InChI=1S/C19H23NO6S/c1-10-12-4-6-15(21)11(2)17(12)26-19(25)13(10)5-7-16(22)20-14(18(23)24)8-9-27-3/h4,6,14,21H,5,7-9H2,1-3H3,(H,20,22)(H,23,24). The molecular formula is C19H23NO6S. The zero-order valence-electron chi connectivity index (χ0n) is 15.5. The van der Waals surface area contributed by atoms with E-state index in [1.807, 2.05) is 6.26 Å². The molecule has 0 saturated heterocycles. The van der Waals surface area contributed by atoms with E-state index in [9.17, 15) is 24.6 Å². The van der Waals surface area contributed by atoms with Crippen LogP contribution in [0.5, 0.6) is 5.75 Å². The number of aromatic hydroxyl groups is 1. The number of nitrogens with one attached hydrogen (secondary N) is 1. The monoisotopic (exact) mass is 393 g/mol. The largest absolute Gasteiger partial charge is 0.508 e. The van der Waals surface area contributed by atoms with Gasteiger partial charge in [-0.05, 0) is 56.4 Å². The first-order chi connectivity index (χ1) is 12.8. The molecule has 0 aliphatic heterocycles. The fourth-order valence-corrected chi connectivity index (χ4v) is 3.34. The van der Waals surface area contributed by atoms with Gasteiger partial charge < -0.3 is 19.9 Å². The van der Waals surface area contributed by atoms with Gasteiger partial charge in [-0.15, -0.1) is 0 Å². The van der Waals surface area contributed by atoms with Crippen molar-refractivity contribution in [3.8, 4) is 5.75 Å². The maximum absolute atomic E-state index is 12.3. The molecule has 1 unspecified atom stereocenters. The Hall–Kier alpha value is -2.48. The minimum atomic E-state index is -1.07. The summed E-state index contributed by atoms with van der Waals surface area (Å²) in [4.78, 5) is 35.7. The number of aryl methyl sites for hydroxylation is 2. The maximum Gasteiger partial charge on any atom is 0.339 e. The highest BCUT2D eigenvalue weighted by molar-refractivity contribution is 7.98. The Morgan fingerprint density at radius 2 is 1.96 bits per heavy atom. The Balaban J connectivity index is 2.17. The van der Waals surface area contributed by atoms with Crippen molar-refractivity contribution in [3.05, 3.63) is 39.2 Å². The van der Waals surface area contributed by atoms with Crippen LogP contribution in [0.15, 0.2) is 21.3 Å². The molecule has 0 aliphatic rings. The zero-order valence-corrected chi connectivity index (χ0v) is 16.3. The Labute approximate surface area is 160 Å². The van der Waals surface area contributed by atoms with Gasteiger partial charge in [0.25, 0.3) is 0 Å². The number of carbonyl (C=O) groups excluding carboxylic acids is 1. The molecular weight excluding hydrogens is 370 g/mol. The summed E-state index contributed by atoms with van der Waals surface area (Å²) in [7, 11) is 0. The molecule has 3 N–H and O–H groups in total. The highest BCUT2D eigenvalue weighted by Crippen LogP contribution is 2.28. The second kappa shape index (κ2) is 8.94. The van der Waals surface area contributed by atoms with Gasteiger partial charge in [-0.1, -0.05) is 0 Å². The molecule has 27 heavy (non-hydrogen) atoms. The lowest BCUT2D eigenvalue weighted by Crippen LogP contribution is -2.41. The van der Waals surface area contributed by atoms with E-state index >= 15 is 0 Å². The fraction of sp³-hybridized carbons (Fsp3) is 0.421. The SMILES string of the molecule is CSCCC(NC(=O)CCc1c(C)c2ccc(O)c(C)c2oc1=O)C(=O)O. The number of amides is 1. The van der Waals surface area contributed by atoms with Crippen molar-refractivity contribution < 1.29 is 24.2 Å². The lowest BCUT2D eigenvalue weighted by Gasteiger charge is -2.14. The van der Waals surface area contributed by atoms with Gasteiger partial charge in [0.15, 0.2) is 0 Å². The second-order valence-corrected chi connectivity index (χ2v) is 7.30. The molecule has 146 valence electrons. The molecule has 2 rings (SSSR count). The summed E-state index contributed by atoms with van der Waals surface area (Å²) in [5.41, 5.74) is 1.32. The predicted octanol–water partition coefficient (Wildman–Crippen LogP) is 2.37. The number of carboxylic acids is 1. The van der Waals surface area contributed by atoms with Gasteiger partial charge in [-0.2, -0.15) is 11.8 Å². The first-order valence-electron chi connectivity index (χ1n) is 8.52. The van der Waals surface area contributed by atoms with E-state index in [1.54, 1.807) is 19.9 Å². The highest BCUT2D eigenvalue weighted by Gasteiger charge is 2.20. The van der Waals surface area contributed by atoms with Crippen molar-refractivity contribution in [2.75, 3.05) is 12.0 Å². The summed E-state index contributed by atoms with van der Waals surface area (Å²) >= 11 is 1.51. The van der Waals surface area contributed by atoms with Crippen LogP contribution in [0.25, 0.3) is 11.0 Å². The summed E-state index contributed by atoms with van der Waals surface area (Å²) in [6.07, 6.45) is 2.33. The number of fused-ring (bicyclic) bond motifs is 1. The Morgan fingerprint density at radius 1 is 1.26 bits per heavy atom. The van der Waals surface area contributed by atoms with Gasteiger partial charge in [0.1, 0.15) is 17.4 Å². The molecule has 8 heteroatoms. The first kappa shape index (κ1) is 20.8. The molecule has 7 nitrogen and oxygen atoms in total. The van der Waals surface area contributed by atoms with E-state index in [0.717, 1.165) is 0 Å². The lowest BCUT2D eigenvalue weighted by atomic mass is 10.00. The third-order valence-corrected chi connectivity index (χ3v) is 5.17. The number of carbonyl (C=O) groups is 2. The summed E-state index contributed by atoms with van der Waals surface area (Å²) in [5, 5.41) is 22.1. The number of phenols is 1. The first-order valence-corrected chi connectivity index (χ1v) is 9.91. The smallest absolute Gasteiger partial charge is 0.339 e. The van der Waals surface area contributed by atoms with Crippen LogP contribution in [0.1, 0.15) is 29.5 Å². The van der Waals surface area contributed by atoms with Gasteiger partial charge >= 0.3 is 11.6 Å². The average molecular weight is 393 g/mol. The molecule has 1 aromatic heterocycles. The molecule has 1 atom stereocenters. The van der Waals surface area contributed by atoms with Crippen molar-refractivity contribution >= 4 is 34.6 Å². The van der Waals surface area contributed by atoms with E-state index < -0.39 is 23.5 Å². The molecule has 0 bridgehead atoms. The minimum absolute atomic E-state index is 0.0166. The van der Waals surface area contributed by atoms with Gasteiger partial charge in [-0.25, -0.2) is 9.59 Å². The van der Waals surface area contributed by atoms with Crippen LogP contribution in [0.4, 0.5) is 0 Å². The second-order valence-electron chi connectivity index (χ2n) is 6.32. The Morgan fingerprint density at radius 3 is 2.59 bits per heavy atom. The average Bonchev–Trinajstić information content (AvgIpc) is 2.61. The molecule has 0 fully saturated rings. The van der Waals surface area contributed by atoms with Crippen molar-refractivity contribution in [2.45, 2.75) is 39.2 Å². The number of phenolic OH excluding ortho intramolecular Hbond substituents is 1. The van der Waals surface area contributed by atoms with Crippen molar-refractivity contribution in [1.82, 2.24) is 5.32 Å².